The van der Waals surface area contributed by atoms with Gasteiger partial charge in [-0.25, -0.2) is 9.18 Å². The maximum Gasteiger partial charge on any atom is 0.416 e. The van der Waals surface area contributed by atoms with Crippen LogP contribution in [0.15, 0.2) is 60.9 Å². The van der Waals surface area contributed by atoms with Gasteiger partial charge in [0, 0.05) is 12.4 Å². The molecule has 1 aromatic heterocycles. The van der Waals surface area contributed by atoms with Crippen LogP contribution in [0.3, 0.4) is 0 Å². The van der Waals surface area contributed by atoms with Crippen LogP contribution in [0.25, 0.3) is 0 Å². The van der Waals surface area contributed by atoms with Crippen LogP contribution in [-0.2, 0) is 28.9 Å². The average Bonchev–Trinajstić information content (AvgIpc) is 3.23. The molecule has 0 amide bonds. The van der Waals surface area contributed by atoms with Crippen LogP contribution in [0.1, 0.15) is 30.5 Å². The fourth-order valence-corrected chi connectivity index (χ4v) is 3.40. The lowest BCUT2D eigenvalue weighted by Gasteiger charge is -2.22. The van der Waals surface area contributed by atoms with Crippen LogP contribution in [0.5, 0.6) is 5.75 Å². The Labute approximate surface area is 195 Å². The quantitative estimate of drug-likeness (QED) is 0.308. The van der Waals surface area contributed by atoms with Crippen molar-refractivity contribution >= 4 is 11.7 Å². The lowest BCUT2D eigenvalue weighted by molar-refractivity contribution is -0.149. The maximum atomic E-state index is 14.2. The van der Waals surface area contributed by atoms with Gasteiger partial charge in [0.1, 0.15) is 17.6 Å². The van der Waals surface area contributed by atoms with E-state index < -0.39 is 29.6 Å². The van der Waals surface area contributed by atoms with Crippen LogP contribution >= 0.6 is 0 Å². The lowest BCUT2D eigenvalue weighted by atomic mass is 10.0. The van der Waals surface area contributed by atoms with Gasteiger partial charge in [0.2, 0.25) is 0 Å². The van der Waals surface area contributed by atoms with E-state index in [1.807, 2.05) is 36.5 Å². The molecule has 1 heterocycles. The second-order valence-corrected chi connectivity index (χ2v) is 8.21. The Hall–Kier alpha value is -3.49. The van der Waals surface area contributed by atoms with E-state index in [-0.39, 0.29) is 18.3 Å². The molecule has 34 heavy (non-hydrogen) atoms. The summed E-state index contributed by atoms with van der Waals surface area (Å²) in [5, 5.41) is 2.67. The number of methoxy groups -OCH3 is 1. The average molecular weight is 478 g/mol. The minimum absolute atomic E-state index is 0.0582. The second kappa shape index (κ2) is 10.6. The van der Waals surface area contributed by atoms with Crippen molar-refractivity contribution in [1.82, 2.24) is 4.57 Å². The highest BCUT2D eigenvalue weighted by atomic mass is 19.4. The highest BCUT2D eigenvalue weighted by Gasteiger charge is 2.32. The van der Waals surface area contributed by atoms with E-state index in [0.717, 1.165) is 29.0 Å². The topological polar surface area (TPSA) is 52.5 Å². The Kier molecular flexibility index (Phi) is 7.86. The SMILES string of the molecule is COc1cccc(Cc2ccn(COC(=O)C(Nc3ccc(C(F)(F)F)cc3F)C(C)C)c2)c1. The normalized spacial score (nSPS) is 12.5. The summed E-state index contributed by atoms with van der Waals surface area (Å²) < 4.78 is 64.8. The highest BCUT2D eigenvalue weighted by Crippen LogP contribution is 2.31. The van der Waals surface area contributed by atoms with Gasteiger partial charge in [-0.1, -0.05) is 26.0 Å². The predicted molar refractivity (Wildman–Crippen MR) is 120 cm³/mol. The van der Waals surface area contributed by atoms with Crippen LogP contribution in [0, 0.1) is 11.7 Å². The molecular formula is C25H26F4N2O3. The van der Waals surface area contributed by atoms with E-state index in [9.17, 15) is 22.4 Å². The summed E-state index contributed by atoms with van der Waals surface area (Å²) in [6.07, 6.45) is -0.365. The molecular weight excluding hydrogens is 452 g/mol. The third kappa shape index (κ3) is 6.52. The van der Waals surface area contributed by atoms with Crippen molar-refractivity contribution < 1.29 is 31.8 Å². The maximum absolute atomic E-state index is 14.2. The van der Waals surface area contributed by atoms with Gasteiger partial charge in [-0.15, -0.1) is 0 Å². The largest absolute Gasteiger partial charge is 0.497 e. The van der Waals surface area contributed by atoms with Crippen LogP contribution < -0.4 is 10.1 Å². The number of carbonyl (C=O) groups is 1. The monoisotopic (exact) mass is 478 g/mol. The fourth-order valence-electron chi connectivity index (χ4n) is 3.40. The molecule has 1 N–H and O–H groups in total. The summed E-state index contributed by atoms with van der Waals surface area (Å²) in [6, 6.07) is 10.8. The molecule has 0 fully saturated rings. The first-order valence-electron chi connectivity index (χ1n) is 10.6. The first-order chi connectivity index (χ1) is 16.1. The Morgan fingerprint density at radius 3 is 2.50 bits per heavy atom. The fraction of sp³-hybridized carbons (Fsp3) is 0.320. The summed E-state index contributed by atoms with van der Waals surface area (Å²) in [5.41, 5.74) is 0.771. The number of benzene rings is 2. The third-order valence-electron chi connectivity index (χ3n) is 5.24. The van der Waals surface area contributed by atoms with Crippen LogP contribution in [0.2, 0.25) is 0 Å². The zero-order valence-electron chi connectivity index (χ0n) is 19.0. The molecule has 0 saturated carbocycles. The Balaban J connectivity index is 1.61. The van der Waals surface area contributed by atoms with Gasteiger partial charge in [0.15, 0.2) is 6.73 Å². The number of nitrogens with zero attached hydrogens (tertiary/aromatic N) is 1. The molecule has 3 aromatic rings. The minimum atomic E-state index is -4.65. The Bertz CT molecular complexity index is 1130. The molecule has 0 bridgehead atoms. The molecule has 2 aromatic carbocycles. The molecule has 0 saturated heterocycles. The molecule has 1 atom stereocenters. The number of hydrogen-bond acceptors (Lipinski definition) is 4. The van der Waals surface area contributed by atoms with E-state index >= 15 is 0 Å². The molecule has 0 spiro atoms. The molecule has 1 unspecified atom stereocenters. The van der Waals surface area contributed by atoms with Gasteiger partial charge in [-0.05, 0) is 59.9 Å². The van der Waals surface area contributed by atoms with E-state index in [1.54, 1.807) is 31.7 Å². The smallest absolute Gasteiger partial charge is 0.416 e. The number of alkyl halides is 3. The number of anilines is 1. The van der Waals surface area contributed by atoms with Gasteiger partial charge < -0.3 is 19.4 Å². The van der Waals surface area contributed by atoms with Crippen molar-refractivity contribution in [3.05, 3.63) is 83.4 Å². The molecule has 9 heteroatoms. The van der Waals surface area contributed by atoms with Gasteiger partial charge >= 0.3 is 12.1 Å². The third-order valence-corrected chi connectivity index (χ3v) is 5.24. The Morgan fingerprint density at radius 1 is 1.09 bits per heavy atom. The zero-order chi connectivity index (χ0) is 24.9. The Morgan fingerprint density at radius 2 is 1.85 bits per heavy atom. The predicted octanol–water partition coefficient (Wildman–Crippen LogP) is 5.88. The van der Waals surface area contributed by atoms with Gasteiger partial charge in [-0.2, -0.15) is 13.2 Å². The number of aromatic nitrogens is 1. The van der Waals surface area contributed by atoms with Crippen molar-refractivity contribution in [2.45, 2.75) is 39.2 Å². The number of hydrogen-bond donors (Lipinski definition) is 1. The summed E-state index contributed by atoms with van der Waals surface area (Å²) in [7, 11) is 1.61. The van der Waals surface area contributed by atoms with Crippen molar-refractivity contribution in [1.29, 1.82) is 0 Å². The van der Waals surface area contributed by atoms with Crippen molar-refractivity contribution in [3.8, 4) is 5.75 Å². The first-order valence-corrected chi connectivity index (χ1v) is 10.6. The van der Waals surface area contributed by atoms with Gasteiger partial charge in [0.05, 0.1) is 18.4 Å². The molecule has 0 aliphatic carbocycles. The number of ether oxygens (including phenoxy) is 2. The lowest BCUT2D eigenvalue weighted by Crippen LogP contribution is -2.36. The highest BCUT2D eigenvalue weighted by molar-refractivity contribution is 5.79. The van der Waals surface area contributed by atoms with E-state index in [4.69, 9.17) is 9.47 Å². The number of nitrogens with one attached hydrogen (secondary N) is 1. The van der Waals surface area contributed by atoms with Crippen LogP contribution in [-0.4, -0.2) is 23.7 Å². The minimum Gasteiger partial charge on any atom is -0.497 e. The molecule has 0 aliphatic heterocycles. The van der Waals surface area contributed by atoms with E-state index in [2.05, 4.69) is 5.32 Å². The molecule has 5 nitrogen and oxygen atoms in total. The summed E-state index contributed by atoms with van der Waals surface area (Å²) in [5.74, 6) is -1.27. The summed E-state index contributed by atoms with van der Waals surface area (Å²) >= 11 is 0. The molecule has 0 aliphatic rings. The van der Waals surface area contributed by atoms with Crippen molar-refractivity contribution in [2.24, 2.45) is 5.92 Å². The van der Waals surface area contributed by atoms with Crippen LogP contribution in [0.4, 0.5) is 23.2 Å². The number of rotatable bonds is 9. The summed E-state index contributed by atoms with van der Waals surface area (Å²) in [6.45, 7) is 3.39. The van der Waals surface area contributed by atoms with Crippen molar-refractivity contribution in [3.63, 3.8) is 0 Å². The number of esters is 1. The van der Waals surface area contributed by atoms with E-state index in [0.29, 0.717) is 12.5 Å². The standard InChI is InChI=1S/C25H26F4N2O3/c1-16(2)23(30-22-8-7-19(13-21(22)26)25(27,28)29)24(32)34-15-31-10-9-18(14-31)11-17-5-4-6-20(12-17)33-3/h4-10,12-14,16,23,30H,11,15H2,1-3H3. The van der Waals surface area contributed by atoms with E-state index in [1.165, 1.54) is 0 Å². The molecule has 0 radical (unpaired) electrons. The first kappa shape index (κ1) is 25.1. The number of carbonyl (C=O) groups excluding carboxylic acids is 1. The molecule has 3 rings (SSSR count). The zero-order valence-corrected chi connectivity index (χ0v) is 19.0. The second-order valence-electron chi connectivity index (χ2n) is 8.21. The molecule has 182 valence electrons. The summed E-state index contributed by atoms with van der Waals surface area (Å²) in [4.78, 5) is 12.7. The van der Waals surface area contributed by atoms with Gasteiger partial charge in [0.25, 0.3) is 0 Å². The van der Waals surface area contributed by atoms with Crippen molar-refractivity contribution in [2.75, 3.05) is 12.4 Å². The van der Waals surface area contributed by atoms with Gasteiger partial charge in [-0.3, -0.25) is 0 Å². The number of halogens is 4.